The number of ether oxygens (including phenoxy) is 1. The summed E-state index contributed by atoms with van der Waals surface area (Å²) in [6.07, 6.45) is 10.1. The fourth-order valence-corrected chi connectivity index (χ4v) is 6.28. The van der Waals surface area contributed by atoms with E-state index < -0.39 is 11.9 Å². The summed E-state index contributed by atoms with van der Waals surface area (Å²) in [4.78, 5) is 25.3. The monoisotopic (exact) mass is 478 g/mol. The van der Waals surface area contributed by atoms with Gasteiger partial charge in [-0.15, -0.1) is 0 Å². The van der Waals surface area contributed by atoms with Gasteiger partial charge in [0, 0.05) is 35.9 Å². The van der Waals surface area contributed by atoms with Crippen LogP contribution in [0.3, 0.4) is 0 Å². The Morgan fingerprint density at radius 2 is 1.86 bits per heavy atom. The lowest BCUT2D eigenvalue weighted by molar-refractivity contribution is -0.385. The first-order valence-electron chi connectivity index (χ1n) is 12.9. The number of nitrogens with one attached hydrogen (secondary N) is 1. The molecule has 186 valence electrons. The summed E-state index contributed by atoms with van der Waals surface area (Å²) in [6, 6.07) is 6.75. The molecule has 8 heteroatoms. The van der Waals surface area contributed by atoms with Crippen LogP contribution in [0, 0.1) is 16.0 Å². The van der Waals surface area contributed by atoms with E-state index in [0.717, 1.165) is 49.2 Å². The van der Waals surface area contributed by atoms with Gasteiger partial charge in [0.05, 0.1) is 28.7 Å². The highest BCUT2D eigenvalue weighted by atomic mass is 16.6. The van der Waals surface area contributed by atoms with Crippen molar-refractivity contribution in [3.63, 3.8) is 0 Å². The molecule has 5 rings (SSSR count). The lowest BCUT2D eigenvalue weighted by Gasteiger charge is -2.29. The second-order valence-corrected chi connectivity index (χ2v) is 10.2. The topological polar surface area (TPSA) is 99.3 Å². The summed E-state index contributed by atoms with van der Waals surface area (Å²) in [7, 11) is 1.89. The molecule has 3 aliphatic rings. The van der Waals surface area contributed by atoms with Crippen molar-refractivity contribution in [1.82, 2.24) is 9.78 Å². The number of para-hydroxylation sites is 1. The molecule has 2 heterocycles. The van der Waals surface area contributed by atoms with Crippen LogP contribution in [0.1, 0.15) is 93.4 Å². The molecular weight excluding hydrogens is 444 g/mol. The molecule has 35 heavy (non-hydrogen) atoms. The van der Waals surface area contributed by atoms with E-state index in [-0.39, 0.29) is 16.5 Å². The maximum Gasteiger partial charge on any atom is 0.336 e. The smallest absolute Gasteiger partial charge is 0.336 e. The SMILES string of the molecule is CC1=C(C(=O)OCCC2CCCC2)C(c2ccccc2[N+](=O)[O-])c2c(C3CCCC3)nn(C)c2N1. The summed E-state index contributed by atoms with van der Waals surface area (Å²) < 4.78 is 7.64. The van der Waals surface area contributed by atoms with Crippen LogP contribution in [0.2, 0.25) is 0 Å². The van der Waals surface area contributed by atoms with E-state index in [1.165, 1.54) is 31.7 Å². The minimum Gasteiger partial charge on any atom is -0.462 e. The molecule has 0 bridgehead atoms. The van der Waals surface area contributed by atoms with Gasteiger partial charge in [-0.2, -0.15) is 5.10 Å². The summed E-state index contributed by atoms with van der Waals surface area (Å²) in [5, 5.41) is 20.3. The van der Waals surface area contributed by atoms with E-state index >= 15 is 0 Å². The van der Waals surface area contributed by atoms with Crippen LogP contribution in [0.15, 0.2) is 35.5 Å². The van der Waals surface area contributed by atoms with Crippen molar-refractivity contribution in [3.05, 3.63) is 62.5 Å². The molecular formula is C27H34N4O4. The minimum absolute atomic E-state index is 0.00984. The largest absolute Gasteiger partial charge is 0.462 e. The lowest BCUT2D eigenvalue weighted by Crippen LogP contribution is -2.26. The number of carbonyl (C=O) groups is 1. The van der Waals surface area contributed by atoms with Crippen molar-refractivity contribution in [1.29, 1.82) is 0 Å². The number of aromatic nitrogens is 2. The first-order chi connectivity index (χ1) is 17.0. The number of nitro benzene ring substituents is 1. The number of esters is 1. The zero-order chi connectivity index (χ0) is 24.5. The lowest BCUT2D eigenvalue weighted by atomic mass is 9.79. The van der Waals surface area contributed by atoms with Crippen LogP contribution in [-0.2, 0) is 16.6 Å². The fraction of sp³-hybridized carbons (Fsp3) is 0.556. The summed E-state index contributed by atoms with van der Waals surface area (Å²) in [6.45, 7) is 2.22. The highest BCUT2D eigenvalue weighted by Gasteiger charge is 2.42. The number of carbonyl (C=O) groups excluding carboxylic acids is 1. The van der Waals surface area contributed by atoms with Gasteiger partial charge < -0.3 is 10.1 Å². The minimum atomic E-state index is -0.601. The zero-order valence-corrected chi connectivity index (χ0v) is 20.6. The van der Waals surface area contributed by atoms with Gasteiger partial charge in [0.25, 0.3) is 5.69 Å². The van der Waals surface area contributed by atoms with E-state index in [4.69, 9.17) is 9.84 Å². The van der Waals surface area contributed by atoms with Gasteiger partial charge in [0.15, 0.2) is 0 Å². The van der Waals surface area contributed by atoms with Crippen LogP contribution in [0.25, 0.3) is 0 Å². The van der Waals surface area contributed by atoms with Crippen LogP contribution in [-0.4, -0.2) is 27.3 Å². The third-order valence-electron chi connectivity index (χ3n) is 8.04. The predicted molar refractivity (Wildman–Crippen MR) is 133 cm³/mol. The Morgan fingerprint density at radius 3 is 2.57 bits per heavy atom. The van der Waals surface area contributed by atoms with Gasteiger partial charge in [0.1, 0.15) is 5.82 Å². The molecule has 1 aromatic heterocycles. The van der Waals surface area contributed by atoms with Crippen molar-refractivity contribution >= 4 is 17.5 Å². The van der Waals surface area contributed by atoms with Gasteiger partial charge >= 0.3 is 5.97 Å². The molecule has 2 saturated carbocycles. The molecule has 0 spiro atoms. The number of benzene rings is 1. The number of nitrogens with zero attached hydrogens (tertiary/aromatic N) is 3. The number of hydrogen-bond acceptors (Lipinski definition) is 6. The first-order valence-corrected chi connectivity index (χ1v) is 12.9. The van der Waals surface area contributed by atoms with E-state index in [2.05, 4.69) is 5.32 Å². The molecule has 2 aliphatic carbocycles. The Bertz CT molecular complexity index is 1160. The van der Waals surface area contributed by atoms with E-state index in [0.29, 0.717) is 29.4 Å². The van der Waals surface area contributed by atoms with Crippen LogP contribution in [0.4, 0.5) is 11.5 Å². The Balaban J connectivity index is 1.57. The quantitative estimate of drug-likeness (QED) is 0.300. The maximum atomic E-state index is 13.6. The molecule has 1 unspecified atom stereocenters. The van der Waals surface area contributed by atoms with Gasteiger partial charge in [-0.05, 0) is 32.1 Å². The molecule has 2 fully saturated rings. The Labute approximate surface area is 205 Å². The molecule has 1 aromatic carbocycles. The molecule has 1 aliphatic heterocycles. The van der Waals surface area contributed by atoms with E-state index in [1.54, 1.807) is 18.2 Å². The van der Waals surface area contributed by atoms with E-state index in [9.17, 15) is 14.9 Å². The summed E-state index contributed by atoms with van der Waals surface area (Å²) in [5.41, 5.74) is 3.45. The molecule has 1 atom stereocenters. The van der Waals surface area contributed by atoms with Crippen molar-refractivity contribution in [2.24, 2.45) is 13.0 Å². The van der Waals surface area contributed by atoms with Crippen LogP contribution < -0.4 is 5.32 Å². The zero-order valence-electron chi connectivity index (χ0n) is 20.6. The second-order valence-electron chi connectivity index (χ2n) is 10.2. The Morgan fingerprint density at radius 1 is 1.17 bits per heavy atom. The number of rotatable bonds is 7. The number of nitro groups is 1. The fourth-order valence-electron chi connectivity index (χ4n) is 6.28. The normalized spacial score (nSPS) is 20.7. The number of anilines is 1. The number of hydrogen-bond donors (Lipinski definition) is 1. The highest BCUT2D eigenvalue weighted by Crippen LogP contribution is 2.49. The summed E-state index contributed by atoms with van der Waals surface area (Å²) >= 11 is 0. The average molecular weight is 479 g/mol. The number of allylic oxidation sites excluding steroid dienone is 1. The standard InChI is InChI=1S/C27H34N4O4/c1-17-22(27(32)35-16-15-18-9-3-4-10-18)23(20-13-7-8-14-21(20)31(33)34)24-25(19-11-5-6-12-19)29-30(2)26(24)28-17/h7-8,13-14,18-19,23,28H,3-6,9-12,15-16H2,1-2H3. The molecule has 0 radical (unpaired) electrons. The molecule has 8 nitrogen and oxygen atoms in total. The summed E-state index contributed by atoms with van der Waals surface area (Å²) in [5.74, 6) is 0.705. The van der Waals surface area contributed by atoms with Crippen molar-refractivity contribution < 1.29 is 14.5 Å². The second kappa shape index (κ2) is 9.84. The van der Waals surface area contributed by atoms with Crippen molar-refractivity contribution in [2.45, 2.75) is 76.5 Å². The highest BCUT2D eigenvalue weighted by molar-refractivity contribution is 5.95. The van der Waals surface area contributed by atoms with Crippen LogP contribution >= 0.6 is 0 Å². The van der Waals surface area contributed by atoms with Crippen molar-refractivity contribution in [2.75, 3.05) is 11.9 Å². The number of aryl methyl sites for hydroxylation is 1. The van der Waals surface area contributed by atoms with Gasteiger partial charge in [-0.25, -0.2) is 4.79 Å². The van der Waals surface area contributed by atoms with Gasteiger partial charge in [0.2, 0.25) is 0 Å². The third-order valence-corrected chi connectivity index (χ3v) is 8.04. The van der Waals surface area contributed by atoms with Gasteiger partial charge in [-0.3, -0.25) is 14.8 Å². The molecule has 0 amide bonds. The van der Waals surface area contributed by atoms with Gasteiger partial charge in [-0.1, -0.05) is 56.7 Å². The van der Waals surface area contributed by atoms with E-state index in [1.807, 2.05) is 18.7 Å². The Hall–Kier alpha value is -3.16. The molecule has 0 saturated heterocycles. The molecule has 2 aromatic rings. The first kappa shape index (κ1) is 23.6. The number of fused-ring (bicyclic) bond motifs is 1. The Kier molecular flexibility index (Phi) is 6.62. The van der Waals surface area contributed by atoms with Crippen LogP contribution in [0.5, 0.6) is 0 Å². The predicted octanol–water partition coefficient (Wildman–Crippen LogP) is 5.94. The van der Waals surface area contributed by atoms with Crippen molar-refractivity contribution in [3.8, 4) is 0 Å². The third kappa shape index (κ3) is 4.46. The maximum absolute atomic E-state index is 13.6. The average Bonchev–Trinajstić information content (AvgIpc) is 3.61. The molecule has 1 N–H and O–H groups in total.